The number of ether oxygens (including phenoxy) is 1. The van der Waals surface area contributed by atoms with E-state index in [9.17, 15) is 24.3 Å². The van der Waals surface area contributed by atoms with Crippen LogP contribution in [0.3, 0.4) is 0 Å². The van der Waals surface area contributed by atoms with Gasteiger partial charge >= 0.3 is 11.4 Å². The molecule has 0 radical (unpaired) electrons. The van der Waals surface area contributed by atoms with Gasteiger partial charge in [-0.1, -0.05) is 29.3 Å². The molecule has 5 rings (SSSR count). The van der Waals surface area contributed by atoms with Crippen molar-refractivity contribution in [2.24, 2.45) is 7.05 Å². The predicted octanol–water partition coefficient (Wildman–Crippen LogP) is 3.29. The number of hydrogen-bond donors (Lipinski definition) is 1. The topological polar surface area (TPSA) is 113 Å². The number of fused-ring (bicyclic) bond motifs is 4. The minimum atomic E-state index is -2.16. The Balaban J connectivity index is 1.88. The van der Waals surface area contributed by atoms with Gasteiger partial charge in [-0.2, -0.15) is 0 Å². The number of hydrogen-bond acceptors (Lipinski definition) is 6. The normalized spacial score (nSPS) is 29.5. The summed E-state index contributed by atoms with van der Waals surface area (Å²) >= 11 is 29.7. The van der Waals surface area contributed by atoms with Gasteiger partial charge in [0.25, 0.3) is 0 Å². The molecule has 1 aromatic heterocycles. The predicted molar refractivity (Wildman–Crippen MR) is 137 cm³/mol. The fraction of sp³-hybridized carbons (Fsp3) is 0.364. The lowest BCUT2D eigenvalue weighted by Crippen LogP contribution is -2.67. The smallest absolute Gasteiger partial charge is 0.347 e. The number of alkyl halides is 2. The standard InChI is InChI=1S/C22H16BrCl4N3O6/c1-28-19(34)29-4-3-9-11(30(29)20(28)35)7-21(26)17(32)14(24)15(25)18(33)22(21,27)13(9)8-5-10(23)16(31)12(6-8)36-2/h3,5-6,11,13,31H,4,7H2,1-2H3/t11-,13+,21-,22+/m1/s1. The molecule has 1 aliphatic heterocycles. The van der Waals surface area contributed by atoms with Gasteiger partial charge in [-0.3, -0.25) is 9.59 Å². The fourth-order valence-electron chi connectivity index (χ4n) is 5.37. The second-order valence-electron chi connectivity index (χ2n) is 8.76. The number of Topliss-reactive ketones (excluding diaryl/α,β-unsaturated/α-hetero) is 2. The third-order valence-corrected chi connectivity index (χ3v) is 9.95. The summed E-state index contributed by atoms with van der Waals surface area (Å²) in [5, 5.41) is 9.26. The molecule has 0 amide bonds. The van der Waals surface area contributed by atoms with E-state index in [4.69, 9.17) is 51.1 Å². The number of aromatic nitrogens is 3. The number of rotatable bonds is 2. The Kier molecular flexibility index (Phi) is 5.89. The average Bonchev–Trinajstić information content (AvgIpc) is 3.07. The highest BCUT2D eigenvalue weighted by atomic mass is 79.9. The Morgan fingerprint density at radius 3 is 2.36 bits per heavy atom. The van der Waals surface area contributed by atoms with E-state index in [0.29, 0.717) is 11.1 Å². The molecule has 36 heavy (non-hydrogen) atoms. The number of phenolic OH excluding ortho intramolecular Hbond substituents is 1. The number of nitrogens with zero attached hydrogens (tertiary/aromatic N) is 3. The van der Waals surface area contributed by atoms with Crippen LogP contribution in [0.4, 0.5) is 0 Å². The lowest BCUT2D eigenvalue weighted by Gasteiger charge is -2.54. The van der Waals surface area contributed by atoms with Gasteiger partial charge in [0, 0.05) is 19.4 Å². The van der Waals surface area contributed by atoms with E-state index in [1.54, 1.807) is 6.08 Å². The molecule has 0 bridgehead atoms. The Bertz CT molecular complexity index is 1570. The van der Waals surface area contributed by atoms with Gasteiger partial charge in [0.15, 0.2) is 23.1 Å². The number of carbonyl (C=O) groups excluding carboxylic acids is 2. The number of halogens is 5. The van der Waals surface area contributed by atoms with Crippen molar-refractivity contribution in [1.82, 2.24) is 13.9 Å². The first-order valence-corrected chi connectivity index (χ1v) is 12.8. The molecule has 1 aromatic carbocycles. The first kappa shape index (κ1) is 25.7. The summed E-state index contributed by atoms with van der Waals surface area (Å²) in [7, 11) is 2.68. The van der Waals surface area contributed by atoms with Crippen molar-refractivity contribution in [3.63, 3.8) is 0 Å². The van der Waals surface area contributed by atoms with Crippen LogP contribution in [-0.4, -0.2) is 47.5 Å². The molecule has 2 aromatic rings. The number of ketones is 2. The summed E-state index contributed by atoms with van der Waals surface area (Å²) in [6, 6.07) is 2.04. The molecule has 2 aliphatic carbocycles. The first-order valence-electron chi connectivity index (χ1n) is 10.5. The zero-order valence-corrected chi connectivity index (χ0v) is 23.1. The molecule has 190 valence electrons. The fourth-order valence-corrected chi connectivity index (χ4v) is 7.35. The molecule has 1 fully saturated rings. The molecule has 2 heterocycles. The molecule has 3 aliphatic rings. The highest BCUT2D eigenvalue weighted by molar-refractivity contribution is 9.10. The number of phenols is 1. The van der Waals surface area contributed by atoms with Crippen LogP contribution in [0.15, 0.2) is 47.9 Å². The highest BCUT2D eigenvalue weighted by Gasteiger charge is 2.71. The molecule has 9 nitrogen and oxygen atoms in total. The van der Waals surface area contributed by atoms with Gasteiger partial charge in [-0.15, -0.1) is 23.2 Å². The number of allylic oxidation sites excluding steroid dienone is 4. The molecule has 14 heteroatoms. The largest absolute Gasteiger partial charge is 0.503 e. The van der Waals surface area contributed by atoms with E-state index in [0.717, 1.165) is 4.57 Å². The number of benzene rings is 1. The minimum Gasteiger partial charge on any atom is -0.503 e. The first-order chi connectivity index (χ1) is 16.8. The molecular formula is C22H16BrCl4N3O6. The van der Waals surface area contributed by atoms with Gasteiger partial charge in [0.05, 0.1) is 24.2 Å². The summed E-state index contributed by atoms with van der Waals surface area (Å²) < 4.78 is 8.87. The summed E-state index contributed by atoms with van der Waals surface area (Å²) in [6.45, 7) is 0.00234. The quantitative estimate of drug-likeness (QED) is 0.399. The molecule has 4 atom stereocenters. The zero-order valence-electron chi connectivity index (χ0n) is 18.5. The summed E-state index contributed by atoms with van der Waals surface area (Å²) in [5.74, 6) is -3.01. The van der Waals surface area contributed by atoms with Crippen LogP contribution in [0.25, 0.3) is 0 Å². The Labute approximate surface area is 231 Å². The molecule has 0 unspecified atom stereocenters. The highest BCUT2D eigenvalue weighted by Crippen LogP contribution is 2.64. The Morgan fingerprint density at radius 2 is 1.72 bits per heavy atom. The van der Waals surface area contributed by atoms with Gasteiger partial charge in [0.2, 0.25) is 0 Å². The maximum Gasteiger partial charge on any atom is 0.347 e. The van der Waals surface area contributed by atoms with E-state index in [1.807, 2.05) is 0 Å². The summed E-state index contributed by atoms with van der Waals surface area (Å²) in [5.41, 5.74) is -0.372. The van der Waals surface area contributed by atoms with E-state index >= 15 is 0 Å². The minimum absolute atomic E-state index is 0.00234. The molecular weight excluding hydrogens is 624 g/mol. The van der Waals surface area contributed by atoms with Crippen molar-refractivity contribution in [1.29, 1.82) is 0 Å². The molecule has 1 saturated carbocycles. The van der Waals surface area contributed by atoms with Crippen molar-refractivity contribution in [3.05, 3.63) is 64.9 Å². The maximum absolute atomic E-state index is 13.7. The van der Waals surface area contributed by atoms with Crippen molar-refractivity contribution in [3.8, 4) is 11.5 Å². The maximum atomic E-state index is 13.7. The van der Waals surface area contributed by atoms with Gasteiger partial charge in [-0.05, 0) is 39.2 Å². The second-order valence-corrected chi connectivity index (χ2v) is 11.6. The Morgan fingerprint density at radius 1 is 1.08 bits per heavy atom. The number of aromatic hydroxyl groups is 1. The SMILES string of the molecule is COc1cc([C@H]2C3=CCn4c(=O)n(C)c(=O)n4[C@@H]3C[C@@]3(Cl)C(=O)C(Cl)=C(Cl)C(=O)[C@@]23Cl)cc(Br)c1O. The van der Waals surface area contributed by atoms with Crippen LogP contribution in [0, 0.1) is 0 Å². The van der Waals surface area contributed by atoms with Crippen LogP contribution in [0.2, 0.25) is 0 Å². The summed E-state index contributed by atoms with van der Waals surface area (Å²) in [6.07, 6.45) is 1.36. The van der Waals surface area contributed by atoms with Crippen molar-refractivity contribution in [2.45, 2.75) is 34.7 Å². The number of methoxy groups -OCH3 is 1. The zero-order chi connectivity index (χ0) is 26.5. The third-order valence-electron chi connectivity index (χ3n) is 7.10. The van der Waals surface area contributed by atoms with Gasteiger partial charge < -0.3 is 9.84 Å². The summed E-state index contributed by atoms with van der Waals surface area (Å²) in [4.78, 5) is 48.6. The van der Waals surface area contributed by atoms with E-state index in [2.05, 4.69) is 15.9 Å². The molecule has 0 saturated heterocycles. The molecule has 1 N–H and O–H groups in total. The van der Waals surface area contributed by atoms with E-state index in [-0.39, 0.29) is 28.9 Å². The van der Waals surface area contributed by atoms with Crippen molar-refractivity contribution < 1.29 is 19.4 Å². The van der Waals surface area contributed by atoms with E-state index in [1.165, 1.54) is 35.7 Å². The molecule has 0 spiro atoms. The third kappa shape index (κ3) is 3.02. The van der Waals surface area contributed by atoms with Crippen LogP contribution in [-0.2, 0) is 23.2 Å². The van der Waals surface area contributed by atoms with Crippen LogP contribution >= 0.6 is 62.3 Å². The van der Waals surface area contributed by atoms with Gasteiger partial charge in [0.1, 0.15) is 19.8 Å². The van der Waals surface area contributed by atoms with E-state index < -0.39 is 54.7 Å². The van der Waals surface area contributed by atoms with Crippen molar-refractivity contribution >= 4 is 73.9 Å². The van der Waals surface area contributed by atoms with Crippen molar-refractivity contribution in [2.75, 3.05) is 7.11 Å². The lowest BCUT2D eigenvalue weighted by atomic mass is 9.59. The number of carbonyl (C=O) groups is 2. The average molecular weight is 640 g/mol. The van der Waals surface area contributed by atoms with Crippen LogP contribution in [0.1, 0.15) is 23.9 Å². The monoisotopic (exact) mass is 637 g/mol. The van der Waals surface area contributed by atoms with Crippen LogP contribution < -0.4 is 16.1 Å². The van der Waals surface area contributed by atoms with Gasteiger partial charge in [-0.25, -0.2) is 23.5 Å². The Hall–Kier alpha value is -1.98. The second kappa shape index (κ2) is 8.26. The van der Waals surface area contributed by atoms with Crippen LogP contribution in [0.5, 0.6) is 11.5 Å². The lowest BCUT2D eigenvalue weighted by molar-refractivity contribution is -0.128.